The van der Waals surface area contributed by atoms with Crippen LogP contribution in [0.25, 0.3) is 0 Å². The van der Waals surface area contributed by atoms with Crippen LogP contribution in [0.5, 0.6) is 0 Å². The molecule has 2 heterocycles. The van der Waals surface area contributed by atoms with Crippen molar-refractivity contribution in [1.29, 1.82) is 0 Å². The average molecular weight is 361 g/mol. The monoisotopic (exact) mass is 360 g/mol. The molecule has 0 saturated carbocycles. The minimum Gasteiger partial charge on any atom is -1.00 e. The second kappa shape index (κ2) is 12.1. The van der Waals surface area contributed by atoms with Crippen molar-refractivity contribution in [2.45, 2.75) is 33.9 Å². The second-order valence-electron chi connectivity index (χ2n) is 4.31. The van der Waals surface area contributed by atoms with Gasteiger partial charge in [-0.25, -0.2) is 18.3 Å². The number of hydrogen-bond acceptors (Lipinski definition) is 2. The van der Waals surface area contributed by atoms with Crippen LogP contribution in [0, 0.1) is 0 Å². The molecule has 120 valence electrons. The highest BCUT2D eigenvalue weighted by Gasteiger charge is 1.92. The summed E-state index contributed by atoms with van der Waals surface area (Å²) in [5.74, 6) is -1.08. The van der Waals surface area contributed by atoms with Gasteiger partial charge in [-0.3, -0.25) is 0 Å². The molecule has 2 aromatic rings. The van der Waals surface area contributed by atoms with E-state index in [9.17, 15) is 0 Å². The van der Waals surface area contributed by atoms with E-state index in [1.807, 2.05) is 35.6 Å². The highest BCUT2D eigenvalue weighted by molar-refractivity contribution is 5.60. The molecule has 0 aliphatic heterocycles. The van der Waals surface area contributed by atoms with Crippen molar-refractivity contribution in [3.05, 3.63) is 37.4 Å². The summed E-state index contributed by atoms with van der Waals surface area (Å²) in [6.45, 7) is 7.34. The topological polar surface area (TPSA) is 57.8 Å². The number of aryl methyl sites for hydroxylation is 4. The Labute approximate surface area is 137 Å². The van der Waals surface area contributed by atoms with Gasteiger partial charge in [-0.05, 0) is 20.8 Å². The van der Waals surface area contributed by atoms with E-state index in [0.717, 1.165) is 20.0 Å². The van der Waals surface area contributed by atoms with E-state index in [-0.39, 0.29) is 17.0 Å². The second-order valence-corrected chi connectivity index (χ2v) is 4.31. The van der Waals surface area contributed by atoms with E-state index >= 15 is 0 Å². The molecular formula is C14H25BrN4O2. The van der Waals surface area contributed by atoms with E-state index in [1.54, 1.807) is 0 Å². The zero-order valence-electron chi connectivity index (χ0n) is 13.4. The third-order valence-corrected chi connectivity index (χ3v) is 2.38. The average Bonchev–Trinajstić information content (AvgIpc) is 2.97. The zero-order chi connectivity index (χ0) is 15.5. The predicted octanol–water partition coefficient (Wildman–Crippen LogP) is -3.57. The molecule has 2 aromatic heterocycles. The Morgan fingerprint density at radius 3 is 1.38 bits per heavy atom. The molecule has 0 spiro atoms. The van der Waals surface area contributed by atoms with E-state index in [1.165, 1.54) is 0 Å². The van der Waals surface area contributed by atoms with Crippen molar-refractivity contribution in [2.24, 2.45) is 14.1 Å². The summed E-state index contributed by atoms with van der Waals surface area (Å²) in [4.78, 5) is 8.89. The normalized spacial score (nSPS) is 8.62. The number of carboxylic acids is 1. The fourth-order valence-electron chi connectivity index (χ4n) is 1.38. The lowest BCUT2D eigenvalue weighted by Gasteiger charge is -1.81. The fraction of sp³-hybridized carbons (Fsp3) is 0.500. The van der Waals surface area contributed by atoms with Crippen molar-refractivity contribution >= 4 is 5.97 Å². The Bertz CT molecular complexity index is 464. The van der Waals surface area contributed by atoms with Crippen molar-refractivity contribution in [2.75, 3.05) is 0 Å². The van der Waals surface area contributed by atoms with Crippen LogP contribution in [0.1, 0.15) is 20.8 Å². The maximum atomic E-state index is 8.89. The Balaban J connectivity index is 0. The SMILES string of the molecule is CC(=O)[O-].CCn1cc[n+](C)c1.CCn1cc[n+](C)c1.[Br-]. The summed E-state index contributed by atoms with van der Waals surface area (Å²) >= 11 is 0. The molecular weight excluding hydrogens is 336 g/mol. The molecule has 0 atom stereocenters. The lowest BCUT2D eigenvalue weighted by Crippen LogP contribution is -3.00. The minimum atomic E-state index is -1.08. The van der Waals surface area contributed by atoms with E-state index in [0.29, 0.717) is 0 Å². The Kier molecular flexibility index (Phi) is 12.5. The van der Waals surface area contributed by atoms with Crippen LogP contribution in [-0.4, -0.2) is 15.1 Å². The highest BCUT2D eigenvalue weighted by atomic mass is 79.9. The molecule has 0 fully saturated rings. The number of rotatable bonds is 2. The van der Waals surface area contributed by atoms with Gasteiger partial charge in [-0.2, -0.15) is 0 Å². The number of aliphatic carboxylic acids is 1. The Morgan fingerprint density at radius 1 is 1.00 bits per heavy atom. The lowest BCUT2D eigenvalue weighted by molar-refractivity contribution is -0.671. The third kappa shape index (κ3) is 11.9. The summed E-state index contributed by atoms with van der Waals surface area (Å²) in [7, 11) is 4.04. The lowest BCUT2D eigenvalue weighted by atomic mass is 10.7. The molecule has 0 saturated heterocycles. The summed E-state index contributed by atoms with van der Waals surface area (Å²) in [5.41, 5.74) is 0. The molecule has 0 aliphatic rings. The van der Waals surface area contributed by atoms with E-state index in [2.05, 4.69) is 48.0 Å². The van der Waals surface area contributed by atoms with Crippen LogP contribution >= 0.6 is 0 Å². The maximum Gasteiger partial charge on any atom is 0.243 e. The zero-order valence-corrected chi connectivity index (χ0v) is 14.9. The molecule has 0 aliphatic carbocycles. The van der Waals surface area contributed by atoms with Crippen molar-refractivity contribution in [3.8, 4) is 0 Å². The maximum absolute atomic E-state index is 8.89. The molecule has 0 aromatic carbocycles. The summed E-state index contributed by atoms with van der Waals surface area (Å²) in [5, 5.41) is 8.89. The first-order valence-electron chi connectivity index (χ1n) is 6.58. The van der Waals surface area contributed by atoms with Gasteiger partial charge >= 0.3 is 0 Å². The third-order valence-electron chi connectivity index (χ3n) is 2.38. The first-order chi connectivity index (χ1) is 9.38. The number of halogens is 1. The van der Waals surface area contributed by atoms with Gasteiger partial charge in [0, 0.05) is 5.97 Å². The molecule has 0 N–H and O–H groups in total. The van der Waals surface area contributed by atoms with Crippen LogP contribution < -0.4 is 31.2 Å². The smallest absolute Gasteiger partial charge is 0.243 e. The number of imidazole rings is 2. The summed E-state index contributed by atoms with van der Waals surface area (Å²) < 4.78 is 8.31. The number of nitrogens with zero attached hydrogens (tertiary/aromatic N) is 4. The number of carbonyl (C=O) groups excluding carboxylic acids is 1. The van der Waals surface area contributed by atoms with Crippen molar-refractivity contribution in [1.82, 2.24) is 9.13 Å². The molecule has 7 heteroatoms. The van der Waals surface area contributed by atoms with Gasteiger partial charge in [-0.15, -0.1) is 0 Å². The van der Waals surface area contributed by atoms with Gasteiger partial charge in [0.2, 0.25) is 12.7 Å². The van der Waals surface area contributed by atoms with Crippen LogP contribution in [-0.2, 0) is 32.0 Å². The molecule has 0 unspecified atom stereocenters. The van der Waals surface area contributed by atoms with Gasteiger partial charge in [0.05, 0.1) is 27.2 Å². The van der Waals surface area contributed by atoms with Gasteiger partial charge in [0.25, 0.3) is 0 Å². The summed E-state index contributed by atoms with van der Waals surface area (Å²) in [6.07, 6.45) is 12.3. The predicted molar refractivity (Wildman–Crippen MR) is 73.2 cm³/mol. The number of carbonyl (C=O) groups is 1. The molecule has 0 radical (unpaired) electrons. The van der Waals surface area contributed by atoms with E-state index < -0.39 is 5.97 Å². The number of hydrogen-bond donors (Lipinski definition) is 0. The van der Waals surface area contributed by atoms with Gasteiger partial charge in [0.1, 0.15) is 24.8 Å². The van der Waals surface area contributed by atoms with Crippen molar-refractivity contribution in [3.63, 3.8) is 0 Å². The van der Waals surface area contributed by atoms with Crippen molar-refractivity contribution < 1.29 is 36.0 Å². The fourth-order valence-corrected chi connectivity index (χ4v) is 1.38. The van der Waals surface area contributed by atoms with Gasteiger partial charge in [0.15, 0.2) is 0 Å². The molecule has 2 rings (SSSR count). The minimum absolute atomic E-state index is 0. The van der Waals surface area contributed by atoms with E-state index in [4.69, 9.17) is 9.90 Å². The molecule has 21 heavy (non-hydrogen) atoms. The molecule has 6 nitrogen and oxygen atoms in total. The molecule has 0 amide bonds. The van der Waals surface area contributed by atoms with Crippen LogP contribution in [0.15, 0.2) is 37.4 Å². The molecule has 0 bridgehead atoms. The van der Waals surface area contributed by atoms with Crippen LogP contribution in [0.2, 0.25) is 0 Å². The largest absolute Gasteiger partial charge is 1.00 e. The quantitative estimate of drug-likeness (QED) is 0.520. The van der Waals surface area contributed by atoms with Crippen LogP contribution in [0.3, 0.4) is 0 Å². The Morgan fingerprint density at radius 2 is 1.29 bits per heavy atom. The van der Waals surface area contributed by atoms with Gasteiger partial charge in [-0.1, -0.05) is 0 Å². The standard InChI is InChI=1S/2C6H11N2.C2H4O2.BrH/c2*1-3-8-5-4-7(2)6-8;1-2(3)4;/h2*4-6H,3H2,1-2H3;1H3,(H,3,4);1H/q2*+1;;/p-2. The summed E-state index contributed by atoms with van der Waals surface area (Å²) in [6, 6.07) is 0. The Hall–Kier alpha value is -1.63. The number of aromatic nitrogens is 4. The first-order valence-corrected chi connectivity index (χ1v) is 6.58. The number of carboxylic acid groups (broad SMARTS) is 1. The van der Waals surface area contributed by atoms with Crippen LogP contribution in [0.4, 0.5) is 0 Å². The first kappa shape index (κ1) is 21.7. The highest BCUT2D eigenvalue weighted by Crippen LogP contribution is 1.79. The van der Waals surface area contributed by atoms with Gasteiger partial charge < -0.3 is 26.9 Å².